The molecule has 0 radical (unpaired) electrons. The Kier molecular flexibility index (Phi) is 4.18. The van der Waals surface area contributed by atoms with Gasteiger partial charge in [0.25, 0.3) is 5.56 Å². The number of rotatable bonds is 3. The molecule has 1 aliphatic heterocycles. The van der Waals surface area contributed by atoms with Crippen molar-refractivity contribution in [1.29, 1.82) is 0 Å². The lowest BCUT2D eigenvalue weighted by Gasteiger charge is -2.25. The van der Waals surface area contributed by atoms with E-state index in [1.807, 2.05) is 35.2 Å². The highest BCUT2D eigenvalue weighted by Gasteiger charge is 2.31. The van der Waals surface area contributed by atoms with Gasteiger partial charge in [-0.2, -0.15) is 0 Å². The summed E-state index contributed by atoms with van der Waals surface area (Å²) in [5.41, 5.74) is 0.407. The Morgan fingerprint density at radius 2 is 1.70 bits per heavy atom. The summed E-state index contributed by atoms with van der Waals surface area (Å²) in [6, 6.07) is 8.67. The lowest BCUT2D eigenvalue weighted by Crippen LogP contribution is -2.39. The van der Waals surface area contributed by atoms with Gasteiger partial charge >= 0.3 is 5.69 Å². The number of fused-ring (bicyclic) bond motifs is 1. The molecule has 0 spiro atoms. The lowest BCUT2D eigenvalue weighted by molar-refractivity contribution is -0.132. The lowest BCUT2D eigenvalue weighted by atomic mass is 10.1. The fourth-order valence-electron chi connectivity index (χ4n) is 3.73. The average Bonchev–Trinajstić information content (AvgIpc) is 3.36. The van der Waals surface area contributed by atoms with Crippen molar-refractivity contribution in [3.05, 3.63) is 63.1 Å². The molecule has 0 aliphatic carbocycles. The minimum Gasteiger partial charge on any atom is -0.341 e. The summed E-state index contributed by atoms with van der Waals surface area (Å²) in [5.74, 6) is -0.0612. The standard InChI is InChI=1S/C19H21N5O3/c1-21-16-15(17(25)22(2)19(21)27)24(12-20-16)14(13-8-4-3-5-9-13)18(26)23-10-6-7-11-23/h3-5,8-9,12,14H,6-7,10-11H2,1-2H3. The van der Waals surface area contributed by atoms with Gasteiger partial charge in [-0.25, -0.2) is 9.78 Å². The Morgan fingerprint density at radius 3 is 2.37 bits per heavy atom. The predicted octanol–water partition coefficient (Wildman–Crippen LogP) is 0.645. The second-order valence-corrected chi connectivity index (χ2v) is 6.88. The number of imidazole rings is 1. The topological polar surface area (TPSA) is 82.1 Å². The molecule has 140 valence electrons. The molecule has 0 bridgehead atoms. The van der Waals surface area contributed by atoms with Crippen LogP contribution in [0.1, 0.15) is 24.4 Å². The van der Waals surface area contributed by atoms with Gasteiger partial charge in [-0.1, -0.05) is 30.3 Å². The molecule has 1 amide bonds. The molecule has 3 aromatic rings. The molecule has 1 atom stereocenters. The van der Waals surface area contributed by atoms with E-state index in [0.29, 0.717) is 13.1 Å². The third-order valence-corrected chi connectivity index (χ3v) is 5.22. The number of benzene rings is 1. The van der Waals surface area contributed by atoms with E-state index < -0.39 is 17.3 Å². The summed E-state index contributed by atoms with van der Waals surface area (Å²) < 4.78 is 3.98. The van der Waals surface area contributed by atoms with Crippen LogP contribution in [0.3, 0.4) is 0 Å². The molecule has 1 saturated heterocycles. The van der Waals surface area contributed by atoms with E-state index in [1.165, 1.54) is 17.9 Å². The summed E-state index contributed by atoms with van der Waals surface area (Å²) in [4.78, 5) is 44.5. The number of nitrogens with zero attached hydrogens (tertiary/aromatic N) is 5. The van der Waals surface area contributed by atoms with Crippen molar-refractivity contribution in [2.75, 3.05) is 13.1 Å². The summed E-state index contributed by atoms with van der Waals surface area (Å²) >= 11 is 0. The van der Waals surface area contributed by atoms with Crippen LogP contribution in [0.25, 0.3) is 11.2 Å². The molecule has 8 nitrogen and oxygen atoms in total. The molecule has 1 aliphatic rings. The van der Waals surface area contributed by atoms with Gasteiger partial charge in [-0.15, -0.1) is 0 Å². The predicted molar refractivity (Wildman–Crippen MR) is 101 cm³/mol. The van der Waals surface area contributed by atoms with Crippen LogP contribution in [-0.2, 0) is 18.9 Å². The van der Waals surface area contributed by atoms with E-state index in [2.05, 4.69) is 4.98 Å². The zero-order valence-electron chi connectivity index (χ0n) is 15.3. The minimum absolute atomic E-state index is 0.0612. The second kappa shape index (κ2) is 6.53. The number of hydrogen-bond donors (Lipinski definition) is 0. The molecule has 8 heteroatoms. The largest absolute Gasteiger partial charge is 0.341 e. The fraction of sp³-hybridized carbons (Fsp3) is 0.368. The maximum absolute atomic E-state index is 13.3. The Bertz CT molecular complexity index is 1120. The smallest absolute Gasteiger partial charge is 0.332 e. The Balaban J connectivity index is 1.97. The van der Waals surface area contributed by atoms with Gasteiger partial charge in [-0.3, -0.25) is 18.7 Å². The third-order valence-electron chi connectivity index (χ3n) is 5.22. The van der Waals surface area contributed by atoms with Crippen LogP contribution < -0.4 is 11.2 Å². The van der Waals surface area contributed by atoms with Crippen molar-refractivity contribution in [2.24, 2.45) is 14.1 Å². The molecular formula is C19H21N5O3. The molecule has 1 unspecified atom stereocenters. The van der Waals surface area contributed by atoms with Gasteiger partial charge in [0.1, 0.15) is 6.04 Å². The fourth-order valence-corrected chi connectivity index (χ4v) is 3.73. The quantitative estimate of drug-likeness (QED) is 0.680. The van der Waals surface area contributed by atoms with Crippen LogP contribution in [0.4, 0.5) is 0 Å². The highest BCUT2D eigenvalue weighted by Crippen LogP contribution is 2.25. The van der Waals surface area contributed by atoms with E-state index in [-0.39, 0.29) is 17.1 Å². The number of carbonyl (C=O) groups excluding carboxylic acids is 1. The van der Waals surface area contributed by atoms with Crippen molar-refractivity contribution in [1.82, 2.24) is 23.6 Å². The number of carbonyl (C=O) groups is 1. The summed E-state index contributed by atoms with van der Waals surface area (Å²) in [5, 5.41) is 0. The van der Waals surface area contributed by atoms with Crippen molar-refractivity contribution >= 4 is 17.1 Å². The molecular weight excluding hydrogens is 346 g/mol. The van der Waals surface area contributed by atoms with Crippen molar-refractivity contribution in [2.45, 2.75) is 18.9 Å². The van der Waals surface area contributed by atoms with Crippen molar-refractivity contribution in [3.8, 4) is 0 Å². The van der Waals surface area contributed by atoms with Gasteiger partial charge in [-0.05, 0) is 18.4 Å². The van der Waals surface area contributed by atoms with Crippen molar-refractivity contribution in [3.63, 3.8) is 0 Å². The van der Waals surface area contributed by atoms with Crippen LogP contribution in [0, 0.1) is 0 Å². The van der Waals surface area contributed by atoms with Crippen LogP contribution in [0.2, 0.25) is 0 Å². The zero-order valence-corrected chi connectivity index (χ0v) is 15.3. The Hall–Kier alpha value is -3.16. The highest BCUT2D eigenvalue weighted by atomic mass is 16.2. The summed E-state index contributed by atoms with van der Waals surface area (Å²) in [7, 11) is 3.00. The molecule has 0 saturated carbocycles. The molecule has 1 aromatic carbocycles. The molecule has 27 heavy (non-hydrogen) atoms. The maximum Gasteiger partial charge on any atom is 0.332 e. The summed E-state index contributed by atoms with van der Waals surface area (Å²) in [6.07, 6.45) is 3.44. The van der Waals surface area contributed by atoms with Crippen LogP contribution in [-0.4, -0.2) is 42.6 Å². The SMILES string of the molecule is Cn1c(=O)c2c(ncn2C(C(=O)N2CCCC2)c2ccccc2)n(C)c1=O. The van der Waals surface area contributed by atoms with E-state index in [9.17, 15) is 14.4 Å². The first-order valence-electron chi connectivity index (χ1n) is 8.97. The van der Waals surface area contributed by atoms with E-state index in [0.717, 1.165) is 23.0 Å². The van der Waals surface area contributed by atoms with Gasteiger partial charge < -0.3 is 9.47 Å². The summed E-state index contributed by atoms with van der Waals surface area (Å²) in [6.45, 7) is 1.43. The average molecular weight is 367 g/mol. The number of hydrogen-bond acceptors (Lipinski definition) is 4. The molecule has 2 aromatic heterocycles. The van der Waals surface area contributed by atoms with E-state index >= 15 is 0 Å². The normalized spacial score (nSPS) is 15.4. The number of aryl methyl sites for hydroxylation is 1. The van der Waals surface area contributed by atoms with Crippen LogP contribution >= 0.6 is 0 Å². The van der Waals surface area contributed by atoms with Crippen LogP contribution in [0.15, 0.2) is 46.2 Å². The Labute approximate surface area is 155 Å². The van der Waals surface area contributed by atoms with Crippen molar-refractivity contribution < 1.29 is 4.79 Å². The first-order valence-corrected chi connectivity index (χ1v) is 8.97. The van der Waals surface area contributed by atoms with Gasteiger partial charge in [0.05, 0.1) is 6.33 Å². The maximum atomic E-state index is 13.3. The van der Waals surface area contributed by atoms with Gasteiger partial charge in [0.2, 0.25) is 5.91 Å². The second-order valence-electron chi connectivity index (χ2n) is 6.88. The monoisotopic (exact) mass is 367 g/mol. The molecule has 3 heterocycles. The van der Waals surface area contributed by atoms with Gasteiger partial charge in [0, 0.05) is 27.2 Å². The van der Waals surface area contributed by atoms with E-state index in [1.54, 1.807) is 11.6 Å². The molecule has 1 fully saturated rings. The zero-order chi connectivity index (χ0) is 19.1. The number of amides is 1. The van der Waals surface area contributed by atoms with E-state index in [4.69, 9.17) is 0 Å². The van der Waals surface area contributed by atoms with Crippen LogP contribution in [0.5, 0.6) is 0 Å². The highest BCUT2D eigenvalue weighted by molar-refractivity contribution is 5.86. The minimum atomic E-state index is -0.695. The van der Waals surface area contributed by atoms with Gasteiger partial charge in [0.15, 0.2) is 11.2 Å². The number of aromatic nitrogens is 4. The first kappa shape index (κ1) is 17.3. The first-order chi connectivity index (χ1) is 13.0. The molecule has 4 rings (SSSR count). The Morgan fingerprint density at radius 1 is 1.04 bits per heavy atom. The molecule has 0 N–H and O–H groups in total. The number of likely N-dealkylation sites (tertiary alicyclic amines) is 1. The third kappa shape index (κ3) is 2.68.